The third-order valence-electron chi connectivity index (χ3n) is 5.99. The van der Waals surface area contributed by atoms with Gasteiger partial charge in [-0.25, -0.2) is 15.0 Å². The second-order valence-corrected chi connectivity index (χ2v) is 8.51. The molecule has 3 aromatic carbocycles. The molecule has 1 aliphatic rings. The van der Waals surface area contributed by atoms with Crippen LogP contribution in [0.3, 0.4) is 0 Å². The van der Waals surface area contributed by atoms with Gasteiger partial charge in [-0.15, -0.1) is 0 Å². The number of nitrogens with one attached hydrogen (secondary N) is 1. The molecule has 1 N–H and O–H groups in total. The van der Waals surface area contributed by atoms with Gasteiger partial charge in [-0.3, -0.25) is 4.99 Å². The summed E-state index contributed by atoms with van der Waals surface area (Å²) in [4.78, 5) is 18.3. The van der Waals surface area contributed by atoms with E-state index < -0.39 is 0 Å². The van der Waals surface area contributed by atoms with E-state index >= 15 is 0 Å². The highest BCUT2D eigenvalue weighted by Crippen LogP contribution is 2.36. The van der Waals surface area contributed by atoms with Gasteiger partial charge < -0.3 is 5.32 Å². The van der Waals surface area contributed by atoms with Gasteiger partial charge in [-0.2, -0.15) is 0 Å². The Morgan fingerprint density at radius 2 is 1.68 bits per heavy atom. The Hall–Kier alpha value is -4.09. The molecule has 0 saturated carbocycles. The van der Waals surface area contributed by atoms with Gasteiger partial charge in [-0.05, 0) is 28.8 Å². The summed E-state index contributed by atoms with van der Waals surface area (Å²) in [5, 5.41) is 5.11. The third kappa shape index (κ3) is 3.70. The summed E-state index contributed by atoms with van der Waals surface area (Å²) in [7, 11) is 0. The smallest absolute Gasteiger partial charge is 0.155 e. The van der Waals surface area contributed by atoms with E-state index in [1.165, 1.54) is 0 Å². The second kappa shape index (κ2) is 8.69. The van der Waals surface area contributed by atoms with Crippen LogP contribution in [0, 0.1) is 0 Å². The molecule has 5 nitrogen and oxygen atoms in total. The molecule has 6 rings (SSSR count). The first kappa shape index (κ1) is 20.5. The Balaban J connectivity index is 1.50. The zero-order valence-electron chi connectivity index (χ0n) is 18.2. The molecular formula is C28H20ClN5. The lowest BCUT2D eigenvalue weighted by Crippen LogP contribution is -2.06. The van der Waals surface area contributed by atoms with E-state index in [1.54, 1.807) is 6.33 Å². The molecule has 0 fully saturated rings. The van der Waals surface area contributed by atoms with Crippen LogP contribution in [0.1, 0.15) is 11.3 Å². The first-order chi connectivity index (χ1) is 16.8. The molecule has 0 bridgehead atoms. The lowest BCUT2D eigenvalue weighted by Gasteiger charge is -2.16. The molecule has 0 amide bonds. The number of para-hydroxylation sites is 1. The van der Waals surface area contributed by atoms with Crippen molar-refractivity contribution in [1.82, 2.24) is 15.0 Å². The minimum atomic E-state index is 0.535. The molecule has 0 aliphatic carbocycles. The van der Waals surface area contributed by atoms with Gasteiger partial charge in [0.1, 0.15) is 12.0 Å². The van der Waals surface area contributed by atoms with Crippen LogP contribution in [0.2, 0.25) is 5.02 Å². The number of benzene rings is 3. The van der Waals surface area contributed by atoms with Crippen LogP contribution < -0.4 is 5.32 Å². The van der Waals surface area contributed by atoms with Crippen LogP contribution in [-0.4, -0.2) is 21.2 Å². The number of halogens is 1. The highest BCUT2D eigenvalue weighted by molar-refractivity contribution is 6.35. The Morgan fingerprint density at radius 1 is 0.853 bits per heavy atom. The molecule has 5 aromatic rings. The van der Waals surface area contributed by atoms with E-state index in [0.29, 0.717) is 11.6 Å². The van der Waals surface area contributed by atoms with Crippen molar-refractivity contribution in [3.63, 3.8) is 0 Å². The van der Waals surface area contributed by atoms with E-state index in [1.807, 2.05) is 36.5 Å². The van der Waals surface area contributed by atoms with Gasteiger partial charge in [0.2, 0.25) is 0 Å². The largest absolute Gasteiger partial charge is 0.364 e. The first-order valence-corrected chi connectivity index (χ1v) is 11.5. The van der Waals surface area contributed by atoms with Gasteiger partial charge in [0, 0.05) is 30.1 Å². The third-order valence-corrected chi connectivity index (χ3v) is 6.30. The zero-order chi connectivity index (χ0) is 22.9. The van der Waals surface area contributed by atoms with Crippen LogP contribution in [0.25, 0.3) is 33.3 Å². The first-order valence-electron chi connectivity index (χ1n) is 11.1. The van der Waals surface area contributed by atoms with Crippen molar-refractivity contribution in [3.05, 3.63) is 101 Å². The number of anilines is 1. The topological polar surface area (TPSA) is 63.1 Å². The van der Waals surface area contributed by atoms with Crippen molar-refractivity contribution in [2.24, 2.45) is 4.99 Å². The number of fused-ring (bicyclic) bond motifs is 2. The minimum Gasteiger partial charge on any atom is -0.364 e. The predicted molar refractivity (Wildman–Crippen MR) is 139 cm³/mol. The van der Waals surface area contributed by atoms with Crippen molar-refractivity contribution in [3.8, 4) is 22.4 Å². The lowest BCUT2D eigenvalue weighted by molar-refractivity contribution is 1.05. The van der Waals surface area contributed by atoms with Gasteiger partial charge in [0.15, 0.2) is 5.82 Å². The zero-order valence-corrected chi connectivity index (χ0v) is 19.0. The lowest BCUT2D eigenvalue weighted by atomic mass is 9.94. The fourth-order valence-electron chi connectivity index (χ4n) is 4.37. The average molecular weight is 462 g/mol. The molecule has 0 unspecified atom stereocenters. The quantitative estimate of drug-likeness (QED) is 0.310. The molecule has 0 radical (unpaired) electrons. The Labute approximate surface area is 202 Å². The molecule has 3 heterocycles. The van der Waals surface area contributed by atoms with Crippen LogP contribution in [0.4, 0.5) is 11.5 Å². The van der Waals surface area contributed by atoms with Crippen molar-refractivity contribution >= 4 is 40.2 Å². The van der Waals surface area contributed by atoms with Crippen molar-refractivity contribution < 1.29 is 0 Å². The van der Waals surface area contributed by atoms with Crippen LogP contribution in [0.5, 0.6) is 0 Å². The molecule has 2 aromatic heterocycles. The van der Waals surface area contributed by atoms with E-state index in [0.717, 1.165) is 62.5 Å². The monoisotopic (exact) mass is 461 g/mol. The number of aromatic nitrogens is 3. The highest BCUT2D eigenvalue weighted by atomic mass is 35.5. The Morgan fingerprint density at radius 3 is 2.56 bits per heavy atom. The standard InChI is InChI=1S/C28H20ClN5/c29-23-12-6-9-19-15-20(16-31-28-27-24(13-14-30-27)32-17-33-28)25(34-26(19)23)22-11-5-4-10-21(22)18-7-2-1-3-8-18/h1-12,14-15,17H,13,16H2,(H,31,32,33). The maximum atomic E-state index is 6.55. The van der Waals surface area contributed by atoms with Crippen molar-refractivity contribution in [1.29, 1.82) is 0 Å². The molecule has 0 saturated heterocycles. The maximum absolute atomic E-state index is 6.55. The maximum Gasteiger partial charge on any atom is 0.155 e. The molecule has 0 spiro atoms. The van der Waals surface area contributed by atoms with Crippen LogP contribution >= 0.6 is 11.6 Å². The molecule has 1 aliphatic heterocycles. The number of nitrogens with zero attached hydrogens (tertiary/aromatic N) is 4. The SMILES string of the molecule is Clc1cccc2cc(CNc3ncnc4c3N=CC4)c(-c3ccccc3-c3ccccc3)nc12. The van der Waals surface area contributed by atoms with Gasteiger partial charge in [0.05, 0.1) is 21.9 Å². The summed E-state index contributed by atoms with van der Waals surface area (Å²) in [5.41, 5.74) is 7.80. The molecule has 0 atom stereocenters. The molecule has 34 heavy (non-hydrogen) atoms. The number of aliphatic imine (C=N–C) groups is 1. The summed E-state index contributed by atoms with van der Waals surface area (Å²) in [6.07, 6.45) is 4.18. The number of pyridine rings is 1. The average Bonchev–Trinajstić information content (AvgIpc) is 3.37. The van der Waals surface area contributed by atoms with E-state index in [2.05, 4.69) is 68.8 Å². The van der Waals surface area contributed by atoms with E-state index in [-0.39, 0.29) is 0 Å². The summed E-state index contributed by atoms with van der Waals surface area (Å²) >= 11 is 6.55. The number of hydrogen-bond acceptors (Lipinski definition) is 5. The molecular weight excluding hydrogens is 442 g/mol. The Kier molecular flexibility index (Phi) is 5.24. The fraction of sp³-hybridized carbons (Fsp3) is 0.0714. The fourth-order valence-corrected chi connectivity index (χ4v) is 4.59. The van der Waals surface area contributed by atoms with Crippen molar-refractivity contribution in [2.75, 3.05) is 5.32 Å². The second-order valence-electron chi connectivity index (χ2n) is 8.11. The highest BCUT2D eigenvalue weighted by Gasteiger charge is 2.17. The normalized spacial score (nSPS) is 12.1. The molecule has 6 heteroatoms. The molecule has 164 valence electrons. The Bertz CT molecular complexity index is 1550. The summed E-state index contributed by atoms with van der Waals surface area (Å²) in [6, 6.07) is 26.7. The van der Waals surface area contributed by atoms with Gasteiger partial charge in [0.25, 0.3) is 0 Å². The summed E-state index contributed by atoms with van der Waals surface area (Å²) in [6.45, 7) is 0.535. The van der Waals surface area contributed by atoms with Crippen LogP contribution in [-0.2, 0) is 13.0 Å². The summed E-state index contributed by atoms with van der Waals surface area (Å²) in [5.74, 6) is 0.729. The summed E-state index contributed by atoms with van der Waals surface area (Å²) < 4.78 is 0. The minimum absolute atomic E-state index is 0.535. The van der Waals surface area contributed by atoms with Crippen LogP contribution in [0.15, 0.2) is 90.2 Å². The van der Waals surface area contributed by atoms with E-state index in [9.17, 15) is 0 Å². The van der Waals surface area contributed by atoms with Gasteiger partial charge in [-0.1, -0.05) is 78.3 Å². The van der Waals surface area contributed by atoms with Gasteiger partial charge >= 0.3 is 0 Å². The predicted octanol–water partition coefficient (Wildman–Crippen LogP) is 6.88. The van der Waals surface area contributed by atoms with E-state index in [4.69, 9.17) is 16.6 Å². The van der Waals surface area contributed by atoms with Crippen molar-refractivity contribution in [2.45, 2.75) is 13.0 Å². The number of hydrogen-bond donors (Lipinski definition) is 1. The number of rotatable bonds is 5.